The molecule has 1 N–H and O–H groups in total. The van der Waals surface area contributed by atoms with Crippen molar-refractivity contribution >= 4 is 0 Å². The van der Waals surface area contributed by atoms with E-state index in [9.17, 15) is 18.3 Å². The molecule has 0 heterocycles. The lowest BCUT2D eigenvalue weighted by molar-refractivity contribution is -0.137. The van der Waals surface area contributed by atoms with Crippen LogP contribution in [0, 0.1) is 5.41 Å². The maximum Gasteiger partial charge on any atom is 0.416 e. The van der Waals surface area contributed by atoms with Gasteiger partial charge in [0.05, 0.1) is 24.9 Å². The van der Waals surface area contributed by atoms with Crippen molar-refractivity contribution in [2.24, 2.45) is 5.41 Å². The molecule has 2 rings (SSSR count). The summed E-state index contributed by atoms with van der Waals surface area (Å²) in [6.07, 6.45) is -2.99. The average Bonchev–Trinajstić information content (AvgIpc) is 2.98. The summed E-state index contributed by atoms with van der Waals surface area (Å²) in [5.41, 5.74) is 0.891. The molecule has 0 radical (unpaired) electrons. The normalized spacial score (nSPS) is 18.6. The smallest absolute Gasteiger partial charge is 0.386 e. The Morgan fingerprint density at radius 1 is 1.20 bits per heavy atom. The maximum atomic E-state index is 12.4. The topological polar surface area (TPSA) is 29.5 Å². The molecule has 0 aromatic heterocycles. The summed E-state index contributed by atoms with van der Waals surface area (Å²) in [5.74, 6) is 0. The van der Waals surface area contributed by atoms with Crippen molar-refractivity contribution in [3.8, 4) is 0 Å². The Morgan fingerprint density at radius 2 is 1.75 bits per heavy atom. The Balaban J connectivity index is 1.79. The van der Waals surface area contributed by atoms with Crippen molar-refractivity contribution in [2.45, 2.75) is 32.7 Å². The summed E-state index contributed by atoms with van der Waals surface area (Å²) in [6, 6.07) is 4.83. The van der Waals surface area contributed by atoms with E-state index in [-0.39, 0.29) is 18.6 Å². The van der Waals surface area contributed by atoms with Gasteiger partial charge in [0.15, 0.2) is 0 Å². The van der Waals surface area contributed by atoms with Gasteiger partial charge in [-0.25, -0.2) is 0 Å². The summed E-state index contributed by atoms with van der Waals surface area (Å²) < 4.78 is 42.5. The highest BCUT2D eigenvalue weighted by molar-refractivity contribution is 5.39. The minimum atomic E-state index is -4.32. The number of ether oxygens (including phenoxy) is 1. The van der Waals surface area contributed by atoms with E-state index in [2.05, 4.69) is 0 Å². The summed E-state index contributed by atoms with van der Waals surface area (Å²) >= 11 is 0. The minimum absolute atomic E-state index is 0.0306. The molecule has 1 atom stereocenters. The van der Waals surface area contributed by atoms with Gasteiger partial charge in [-0.2, -0.15) is 13.2 Å². The number of hydrogen-bond acceptors (Lipinski definition) is 2. The Hall–Kier alpha value is -1.33. The number of allylic oxidation sites excluding steroid dienone is 1. The third-order valence-corrected chi connectivity index (χ3v) is 3.36. The van der Waals surface area contributed by atoms with Crippen LogP contribution in [-0.2, 0) is 17.5 Å². The molecule has 0 spiro atoms. The fourth-order valence-corrected chi connectivity index (χ4v) is 2.05. The Bertz CT molecular complexity index is 501. The predicted octanol–water partition coefficient (Wildman–Crippen LogP) is 3.55. The van der Waals surface area contributed by atoms with Crippen LogP contribution in [0.3, 0.4) is 0 Å². The predicted molar refractivity (Wildman–Crippen MR) is 69.0 cm³/mol. The van der Waals surface area contributed by atoms with Crippen molar-refractivity contribution < 1.29 is 23.0 Å². The number of alkyl halides is 3. The molecule has 1 aromatic carbocycles. The number of halogens is 3. The average molecular weight is 286 g/mol. The largest absolute Gasteiger partial charge is 0.416 e. The highest BCUT2D eigenvalue weighted by atomic mass is 19.4. The van der Waals surface area contributed by atoms with Gasteiger partial charge in [0.2, 0.25) is 0 Å². The minimum Gasteiger partial charge on any atom is -0.386 e. The fraction of sp³-hybridized carbons (Fsp3) is 0.467. The van der Waals surface area contributed by atoms with Crippen LogP contribution in [0.25, 0.3) is 0 Å². The second kappa shape index (κ2) is 5.22. The van der Waals surface area contributed by atoms with Gasteiger partial charge in [-0.1, -0.05) is 32.1 Å². The molecule has 20 heavy (non-hydrogen) atoms. The van der Waals surface area contributed by atoms with Gasteiger partial charge < -0.3 is 9.84 Å². The van der Waals surface area contributed by atoms with Gasteiger partial charge in [0.1, 0.15) is 0 Å². The molecule has 5 heteroatoms. The molecule has 1 unspecified atom stereocenters. The standard InChI is InChI=1S/C15H17F3O2/c1-14(2)7-12(14)13(19)9-20-8-10-3-5-11(6-4-10)15(16,17)18/h3-7,13,19H,8-9H2,1-2H3. The number of hydrogen-bond donors (Lipinski definition) is 1. The Morgan fingerprint density at radius 3 is 2.20 bits per heavy atom. The van der Waals surface area contributed by atoms with Crippen molar-refractivity contribution in [1.29, 1.82) is 0 Å². The lowest BCUT2D eigenvalue weighted by Gasteiger charge is -2.13. The molecule has 0 fully saturated rings. The third-order valence-electron chi connectivity index (χ3n) is 3.36. The van der Waals surface area contributed by atoms with E-state index < -0.39 is 17.8 Å². The number of benzene rings is 1. The van der Waals surface area contributed by atoms with E-state index in [1.54, 1.807) is 0 Å². The van der Waals surface area contributed by atoms with Crippen LogP contribution in [0.1, 0.15) is 25.0 Å². The molecule has 0 saturated carbocycles. The molecular weight excluding hydrogens is 269 g/mol. The zero-order valence-electron chi connectivity index (χ0n) is 11.4. The molecule has 0 aliphatic heterocycles. The second-order valence-corrected chi connectivity index (χ2v) is 5.55. The van der Waals surface area contributed by atoms with Gasteiger partial charge in [0, 0.05) is 5.41 Å². The van der Waals surface area contributed by atoms with E-state index in [1.807, 2.05) is 19.9 Å². The third kappa shape index (κ3) is 3.61. The van der Waals surface area contributed by atoms with Crippen molar-refractivity contribution in [3.63, 3.8) is 0 Å². The molecule has 0 saturated heterocycles. The van der Waals surface area contributed by atoms with Gasteiger partial charge in [0.25, 0.3) is 0 Å². The van der Waals surface area contributed by atoms with E-state index in [0.29, 0.717) is 5.56 Å². The molecule has 110 valence electrons. The summed E-state index contributed by atoms with van der Waals surface area (Å²) in [5, 5.41) is 9.81. The van der Waals surface area contributed by atoms with Crippen molar-refractivity contribution in [2.75, 3.05) is 6.61 Å². The monoisotopic (exact) mass is 286 g/mol. The first kappa shape index (κ1) is 15.1. The number of rotatable bonds is 5. The van der Waals surface area contributed by atoms with E-state index >= 15 is 0 Å². The summed E-state index contributed by atoms with van der Waals surface area (Å²) in [6.45, 7) is 4.34. The van der Waals surface area contributed by atoms with Gasteiger partial charge in [-0.3, -0.25) is 0 Å². The Kier molecular flexibility index (Phi) is 3.93. The summed E-state index contributed by atoms with van der Waals surface area (Å²) in [7, 11) is 0. The fourth-order valence-electron chi connectivity index (χ4n) is 2.05. The van der Waals surface area contributed by atoms with Crippen LogP contribution in [-0.4, -0.2) is 17.8 Å². The lowest BCUT2D eigenvalue weighted by Crippen LogP contribution is -2.17. The van der Waals surface area contributed by atoms with Crippen LogP contribution in [0.4, 0.5) is 13.2 Å². The second-order valence-electron chi connectivity index (χ2n) is 5.55. The highest BCUT2D eigenvalue weighted by Crippen LogP contribution is 2.44. The maximum absolute atomic E-state index is 12.4. The summed E-state index contributed by atoms with van der Waals surface area (Å²) in [4.78, 5) is 0. The Labute approximate surface area is 115 Å². The van der Waals surface area contributed by atoms with Crippen LogP contribution in [0.15, 0.2) is 35.9 Å². The van der Waals surface area contributed by atoms with Gasteiger partial charge in [-0.15, -0.1) is 0 Å². The van der Waals surface area contributed by atoms with E-state index in [0.717, 1.165) is 17.7 Å². The first-order chi connectivity index (χ1) is 9.20. The molecule has 2 nitrogen and oxygen atoms in total. The van der Waals surface area contributed by atoms with Crippen LogP contribution < -0.4 is 0 Å². The van der Waals surface area contributed by atoms with Crippen LogP contribution in [0.2, 0.25) is 0 Å². The molecule has 1 aromatic rings. The SMILES string of the molecule is CC1(C)C=C1C(O)COCc1ccc(C(F)(F)F)cc1. The first-order valence-corrected chi connectivity index (χ1v) is 6.35. The van der Waals surface area contributed by atoms with Crippen molar-refractivity contribution in [1.82, 2.24) is 0 Å². The number of aliphatic hydroxyl groups is 1. The lowest BCUT2D eigenvalue weighted by atomic mass is 10.0. The molecule has 1 aliphatic rings. The number of aliphatic hydroxyl groups excluding tert-OH is 1. The van der Waals surface area contributed by atoms with Crippen LogP contribution >= 0.6 is 0 Å². The molecule has 0 bridgehead atoms. The zero-order valence-corrected chi connectivity index (χ0v) is 11.4. The zero-order chi connectivity index (χ0) is 15.0. The van der Waals surface area contributed by atoms with Gasteiger partial charge in [-0.05, 0) is 23.3 Å². The van der Waals surface area contributed by atoms with Gasteiger partial charge >= 0.3 is 6.18 Å². The first-order valence-electron chi connectivity index (χ1n) is 6.35. The highest BCUT2D eigenvalue weighted by Gasteiger charge is 2.38. The molecule has 0 amide bonds. The van der Waals surface area contributed by atoms with E-state index in [1.165, 1.54) is 12.1 Å². The van der Waals surface area contributed by atoms with Crippen LogP contribution in [0.5, 0.6) is 0 Å². The quantitative estimate of drug-likeness (QED) is 0.839. The molecule has 1 aliphatic carbocycles. The van der Waals surface area contributed by atoms with E-state index in [4.69, 9.17) is 4.74 Å². The van der Waals surface area contributed by atoms with Crippen molar-refractivity contribution in [3.05, 3.63) is 47.0 Å². The molecular formula is C15H17F3O2.